The van der Waals surface area contributed by atoms with Crippen LogP contribution in [0.25, 0.3) is 0 Å². The fourth-order valence-corrected chi connectivity index (χ4v) is 2.47. The highest BCUT2D eigenvalue weighted by Gasteiger charge is 2.06. The number of rotatable bonds is 5. The Balaban J connectivity index is 2.00. The normalized spacial score (nSPS) is 12.4. The minimum atomic E-state index is 0.359. The Morgan fingerprint density at radius 3 is 2.26 bits per heavy atom. The zero-order valence-electron chi connectivity index (χ0n) is 11.5. The molecule has 0 spiro atoms. The third-order valence-corrected chi connectivity index (χ3v) is 4.00. The van der Waals surface area contributed by atoms with E-state index < -0.39 is 0 Å². The SMILES string of the molecule is CCc1ccccc1CN[C@H](C)c1ccc(Br)cc1. The molecule has 1 N–H and O–H groups in total. The molecule has 0 bridgehead atoms. The molecule has 100 valence electrons. The highest BCUT2D eigenvalue weighted by Crippen LogP contribution is 2.17. The number of halogens is 1. The van der Waals surface area contributed by atoms with Crippen LogP contribution in [0.15, 0.2) is 53.0 Å². The summed E-state index contributed by atoms with van der Waals surface area (Å²) in [5.41, 5.74) is 4.14. The molecular weight excluding hydrogens is 298 g/mol. The second-order valence-electron chi connectivity index (χ2n) is 4.78. The van der Waals surface area contributed by atoms with Gasteiger partial charge in [0.25, 0.3) is 0 Å². The number of hydrogen-bond acceptors (Lipinski definition) is 1. The molecule has 0 aliphatic carbocycles. The summed E-state index contributed by atoms with van der Waals surface area (Å²) in [7, 11) is 0. The Labute approximate surface area is 124 Å². The van der Waals surface area contributed by atoms with Gasteiger partial charge in [-0.05, 0) is 42.2 Å². The molecule has 0 aliphatic heterocycles. The standard InChI is InChI=1S/C17H20BrN/c1-3-14-6-4-5-7-16(14)12-19-13(2)15-8-10-17(18)11-9-15/h4-11,13,19H,3,12H2,1-2H3/t13-/m1/s1. The predicted octanol–water partition coefficient (Wildman–Crippen LogP) is 4.86. The summed E-state index contributed by atoms with van der Waals surface area (Å²) in [6.07, 6.45) is 1.09. The molecular formula is C17H20BrN. The van der Waals surface area contributed by atoms with E-state index >= 15 is 0 Å². The van der Waals surface area contributed by atoms with Crippen molar-refractivity contribution in [1.29, 1.82) is 0 Å². The van der Waals surface area contributed by atoms with Crippen molar-refractivity contribution in [3.8, 4) is 0 Å². The van der Waals surface area contributed by atoms with Crippen molar-refractivity contribution >= 4 is 15.9 Å². The van der Waals surface area contributed by atoms with Gasteiger partial charge in [-0.15, -0.1) is 0 Å². The van der Waals surface area contributed by atoms with Gasteiger partial charge >= 0.3 is 0 Å². The van der Waals surface area contributed by atoms with Crippen molar-refractivity contribution in [2.45, 2.75) is 32.9 Å². The Kier molecular flexibility index (Phi) is 5.17. The summed E-state index contributed by atoms with van der Waals surface area (Å²) in [6.45, 7) is 5.33. The Morgan fingerprint density at radius 2 is 1.63 bits per heavy atom. The highest BCUT2D eigenvalue weighted by atomic mass is 79.9. The topological polar surface area (TPSA) is 12.0 Å². The minimum Gasteiger partial charge on any atom is -0.306 e. The van der Waals surface area contributed by atoms with Crippen LogP contribution in [-0.2, 0) is 13.0 Å². The van der Waals surface area contributed by atoms with Crippen molar-refractivity contribution in [3.05, 3.63) is 69.7 Å². The number of aryl methyl sites for hydroxylation is 1. The van der Waals surface area contributed by atoms with E-state index in [2.05, 4.69) is 83.6 Å². The molecule has 0 amide bonds. The number of benzene rings is 2. The molecule has 0 saturated heterocycles. The van der Waals surface area contributed by atoms with Gasteiger partial charge in [0.1, 0.15) is 0 Å². The molecule has 2 heteroatoms. The molecule has 0 radical (unpaired) electrons. The fourth-order valence-electron chi connectivity index (χ4n) is 2.21. The molecule has 2 rings (SSSR count). The third kappa shape index (κ3) is 3.92. The first-order valence-electron chi connectivity index (χ1n) is 6.76. The molecule has 19 heavy (non-hydrogen) atoms. The molecule has 0 aromatic heterocycles. The van der Waals surface area contributed by atoms with Gasteiger partial charge in [0, 0.05) is 17.1 Å². The first-order valence-corrected chi connectivity index (χ1v) is 7.55. The lowest BCUT2D eigenvalue weighted by Gasteiger charge is -2.16. The van der Waals surface area contributed by atoms with Crippen LogP contribution in [0.5, 0.6) is 0 Å². The van der Waals surface area contributed by atoms with Crippen molar-refractivity contribution in [1.82, 2.24) is 5.32 Å². The van der Waals surface area contributed by atoms with Gasteiger partial charge in [-0.25, -0.2) is 0 Å². The van der Waals surface area contributed by atoms with Crippen LogP contribution in [0.4, 0.5) is 0 Å². The van der Waals surface area contributed by atoms with E-state index in [1.54, 1.807) is 0 Å². The van der Waals surface area contributed by atoms with E-state index in [1.807, 2.05) is 0 Å². The van der Waals surface area contributed by atoms with Gasteiger partial charge in [-0.2, -0.15) is 0 Å². The molecule has 2 aromatic carbocycles. The van der Waals surface area contributed by atoms with E-state index in [-0.39, 0.29) is 0 Å². The monoisotopic (exact) mass is 317 g/mol. The zero-order chi connectivity index (χ0) is 13.7. The average Bonchev–Trinajstić information content (AvgIpc) is 2.45. The van der Waals surface area contributed by atoms with Crippen molar-refractivity contribution in [2.75, 3.05) is 0 Å². The average molecular weight is 318 g/mol. The summed E-state index contributed by atoms with van der Waals surface area (Å²) in [5.74, 6) is 0. The fraction of sp³-hybridized carbons (Fsp3) is 0.294. The largest absolute Gasteiger partial charge is 0.306 e. The lowest BCUT2D eigenvalue weighted by molar-refractivity contribution is 0.572. The van der Waals surface area contributed by atoms with E-state index in [4.69, 9.17) is 0 Å². The summed E-state index contributed by atoms with van der Waals surface area (Å²) in [6, 6.07) is 17.5. The maximum absolute atomic E-state index is 3.59. The molecule has 0 unspecified atom stereocenters. The third-order valence-electron chi connectivity index (χ3n) is 3.47. The Morgan fingerprint density at radius 1 is 1.00 bits per heavy atom. The second kappa shape index (κ2) is 6.88. The molecule has 0 aliphatic rings. The minimum absolute atomic E-state index is 0.359. The van der Waals surface area contributed by atoms with Gasteiger partial charge in [0.2, 0.25) is 0 Å². The Hall–Kier alpha value is -1.12. The Bertz CT molecular complexity index is 519. The molecule has 0 saturated carbocycles. The molecule has 0 fully saturated rings. The number of nitrogens with one attached hydrogen (secondary N) is 1. The summed E-state index contributed by atoms with van der Waals surface area (Å²) < 4.78 is 1.12. The van der Waals surface area contributed by atoms with E-state index in [1.165, 1.54) is 16.7 Å². The molecule has 2 aromatic rings. The van der Waals surface area contributed by atoms with Gasteiger partial charge < -0.3 is 5.32 Å². The predicted molar refractivity (Wildman–Crippen MR) is 85.2 cm³/mol. The van der Waals surface area contributed by atoms with Gasteiger partial charge in [-0.3, -0.25) is 0 Å². The highest BCUT2D eigenvalue weighted by molar-refractivity contribution is 9.10. The second-order valence-corrected chi connectivity index (χ2v) is 5.69. The molecule has 0 heterocycles. The molecule has 1 nitrogen and oxygen atoms in total. The van der Waals surface area contributed by atoms with Crippen LogP contribution in [0.3, 0.4) is 0 Å². The smallest absolute Gasteiger partial charge is 0.0294 e. The van der Waals surface area contributed by atoms with Crippen LogP contribution in [0, 0.1) is 0 Å². The summed E-state index contributed by atoms with van der Waals surface area (Å²) >= 11 is 3.47. The maximum Gasteiger partial charge on any atom is 0.0294 e. The van der Waals surface area contributed by atoms with Crippen molar-refractivity contribution in [3.63, 3.8) is 0 Å². The van der Waals surface area contributed by atoms with E-state index in [0.717, 1.165) is 17.4 Å². The van der Waals surface area contributed by atoms with E-state index in [9.17, 15) is 0 Å². The van der Waals surface area contributed by atoms with Crippen LogP contribution in [-0.4, -0.2) is 0 Å². The van der Waals surface area contributed by atoms with Crippen LogP contribution in [0.2, 0.25) is 0 Å². The first-order chi connectivity index (χ1) is 9.20. The summed E-state index contributed by atoms with van der Waals surface area (Å²) in [4.78, 5) is 0. The molecule has 1 atom stereocenters. The lowest BCUT2D eigenvalue weighted by Crippen LogP contribution is -2.18. The number of hydrogen-bond donors (Lipinski definition) is 1. The van der Waals surface area contributed by atoms with E-state index in [0.29, 0.717) is 6.04 Å². The first kappa shape index (κ1) is 14.3. The van der Waals surface area contributed by atoms with Gasteiger partial charge in [0.05, 0.1) is 0 Å². The van der Waals surface area contributed by atoms with Crippen LogP contribution >= 0.6 is 15.9 Å². The zero-order valence-corrected chi connectivity index (χ0v) is 13.1. The van der Waals surface area contributed by atoms with Crippen LogP contribution in [0.1, 0.15) is 36.6 Å². The maximum atomic E-state index is 3.59. The van der Waals surface area contributed by atoms with Gasteiger partial charge in [0.15, 0.2) is 0 Å². The summed E-state index contributed by atoms with van der Waals surface area (Å²) in [5, 5.41) is 3.59. The van der Waals surface area contributed by atoms with Gasteiger partial charge in [-0.1, -0.05) is 59.3 Å². The lowest BCUT2D eigenvalue weighted by atomic mass is 10.0. The van der Waals surface area contributed by atoms with Crippen molar-refractivity contribution in [2.24, 2.45) is 0 Å². The van der Waals surface area contributed by atoms with Crippen molar-refractivity contribution < 1.29 is 0 Å². The van der Waals surface area contributed by atoms with Crippen LogP contribution < -0.4 is 5.32 Å². The quantitative estimate of drug-likeness (QED) is 0.830.